The van der Waals surface area contributed by atoms with Crippen LogP contribution in [0.4, 0.5) is 0 Å². The Balaban J connectivity index is 1.75. The van der Waals surface area contributed by atoms with Gasteiger partial charge in [-0.25, -0.2) is 0 Å². The Morgan fingerprint density at radius 2 is 1.89 bits per heavy atom. The summed E-state index contributed by atoms with van der Waals surface area (Å²) in [6.07, 6.45) is 2.94. The molecular weight excluding hydrogens is 340 g/mol. The zero-order valence-corrected chi connectivity index (χ0v) is 15.9. The molecular formula is C23H24O4. The Labute approximate surface area is 159 Å². The SMILES string of the molecule is CC1(C)Oc2c(C(=O)c3ccccc3)c(O)cc3c2[C@H]2C[C@](C)(CC[C@H]21)O3. The van der Waals surface area contributed by atoms with Crippen molar-refractivity contribution in [2.75, 3.05) is 0 Å². The van der Waals surface area contributed by atoms with Crippen molar-refractivity contribution in [2.24, 2.45) is 5.92 Å². The normalized spacial score (nSPS) is 29.4. The average Bonchev–Trinajstić information content (AvgIpc) is 2.60. The molecule has 1 aliphatic carbocycles. The smallest absolute Gasteiger partial charge is 0.200 e. The van der Waals surface area contributed by atoms with Crippen molar-refractivity contribution >= 4 is 5.78 Å². The monoisotopic (exact) mass is 364 g/mol. The largest absolute Gasteiger partial charge is 0.507 e. The summed E-state index contributed by atoms with van der Waals surface area (Å²) in [5.41, 5.74) is 1.15. The molecule has 0 spiro atoms. The summed E-state index contributed by atoms with van der Waals surface area (Å²) < 4.78 is 12.7. The first-order valence-corrected chi connectivity index (χ1v) is 9.67. The van der Waals surface area contributed by atoms with Crippen molar-refractivity contribution < 1.29 is 19.4 Å². The molecule has 5 rings (SSSR count). The number of aromatic hydroxyl groups is 1. The van der Waals surface area contributed by atoms with E-state index in [1.807, 2.05) is 18.2 Å². The highest BCUT2D eigenvalue weighted by atomic mass is 16.5. The van der Waals surface area contributed by atoms with Gasteiger partial charge in [0, 0.05) is 29.0 Å². The highest BCUT2D eigenvalue weighted by molar-refractivity contribution is 6.13. The van der Waals surface area contributed by atoms with Crippen LogP contribution in [-0.2, 0) is 0 Å². The van der Waals surface area contributed by atoms with Gasteiger partial charge in [0.25, 0.3) is 0 Å². The van der Waals surface area contributed by atoms with Crippen molar-refractivity contribution in [1.29, 1.82) is 0 Å². The first-order chi connectivity index (χ1) is 12.8. The molecule has 1 fully saturated rings. The third-order valence-electron chi connectivity index (χ3n) is 6.63. The number of carbonyl (C=O) groups is 1. The lowest BCUT2D eigenvalue weighted by Gasteiger charge is -2.55. The van der Waals surface area contributed by atoms with Crippen LogP contribution >= 0.6 is 0 Å². The zero-order valence-electron chi connectivity index (χ0n) is 15.9. The van der Waals surface area contributed by atoms with E-state index in [4.69, 9.17) is 9.47 Å². The van der Waals surface area contributed by atoms with E-state index in [0.29, 0.717) is 23.0 Å². The first kappa shape index (κ1) is 16.7. The number of benzene rings is 2. The fourth-order valence-corrected chi connectivity index (χ4v) is 5.34. The number of carbonyl (C=O) groups excluding carboxylic acids is 1. The minimum absolute atomic E-state index is 0.0737. The predicted molar refractivity (Wildman–Crippen MR) is 102 cm³/mol. The van der Waals surface area contributed by atoms with Crippen LogP contribution in [-0.4, -0.2) is 22.1 Å². The molecule has 0 amide bonds. The summed E-state index contributed by atoms with van der Waals surface area (Å²) in [6.45, 7) is 6.34. The van der Waals surface area contributed by atoms with Gasteiger partial charge >= 0.3 is 0 Å². The molecule has 3 atom stereocenters. The second-order valence-corrected chi connectivity index (χ2v) is 8.92. The molecule has 0 unspecified atom stereocenters. The van der Waals surface area contributed by atoms with Gasteiger partial charge in [-0.2, -0.15) is 0 Å². The number of rotatable bonds is 2. The van der Waals surface area contributed by atoms with Crippen molar-refractivity contribution in [3.05, 3.63) is 53.1 Å². The Kier molecular flexibility index (Phi) is 3.26. The average molecular weight is 364 g/mol. The lowest BCUT2D eigenvalue weighted by molar-refractivity contribution is -0.0731. The molecule has 2 aliphatic heterocycles. The number of hydrogen-bond acceptors (Lipinski definition) is 4. The molecule has 2 bridgehead atoms. The van der Waals surface area contributed by atoms with Gasteiger partial charge in [0.15, 0.2) is 0 Å². The standard InChI is InChI=1S/C23H24O4/c1-22(2)15-9-10-23(3)12-14(15)18-17(26-23)11-16(24)19(21(18)27-22)20(25)13-7-5-4-6-8-13/h4-8,11,14-15,24H,9-10,12H2,1-3H3/t14-,15+,23-/m0/s1. The minimum atomic E-state index is -0.396. The Morgan fingerprint density at radius 3 is 2.63 bits per heavy atom. The van der Waals surface area contributed by atoms with Crippen LogP contribution in [0.5, 0.6) is 17.2 Å². The van der Waals surface area contributed by atoms with E-state index in [1.54, 1.807) is 18.2 Å². The third kappa shape index (κ3) is 2.32. The van der Waals surface area contributed by atoms with E-state index in [-0.39, 0.29) is 28.6 Å². The highest BCUT2D eigenvalue weighted by Gasteiger charge is 2.55. The number of ketones is 1. The van der Waals surface area contributed by atoms with E-state index in [1.165, 1.54) is 0 Å². The van der Waals surface area contributed by atoms with Gasteiger partial charge in [-0.15, -0.1) is 0 Å². The van der Waals surface area contributed by atoms with Gasteiger partial charge in [0.05, 0.1) is 0 Å². The topological polar surface area (TPSA) is 55.8 Å². The van der Waals surface area contributed by atoms with E-state index in [2.05, 4.69) is 20.8 Å². The molecule has 4 heteroatoms. The molecule has 1 saturated carbocycles. The fourth-order valence-electron chi connectivity index (χ4n) is 5.34. The molecule has 27 heavy (non-hydrogen) atoms. The van der Waals surface area contributed by atoms with Crippen molar-refractivity contribution in [2.45, 2.75) is 57.2 Å². The van der Waals surface area contributed by atoms with Crippen molar-refractivity contribution in [3.8, 4) is 17.2 Å². The first-order valence-electron chi connectivity index (χ1n) is 9.67. The maximum absolute atomic E-state index is 13.2. The fraction of sp³-hybridized carbons (Fsp3) is 0.435. The van der Waals surface area contributed by atoms with Crippen LogP contribution in [0.25, 0.3) is 0 Å². The van der Waals surface area contributed by atoms with Crippen LogP contribution in [0.1, 0.15) is 67.4 Å². The quantitative estimate of drug-likeness (QED) is 0.776. The summed E-state index contributed by atoms with van der Waals surface area (Å²) in [7, 11) is 0. The Bertz CT molecular complexity index is 947. The Hall–Kier alpha value is -2.49. The lowest BCUT2D eigenvalue weighted by Crippen LogP contribution is -2.54. The van der Waals surface area contributed by atoms with Crippen LogP contribution < -0.4 is 9.47 Å². The van der Waals surface area contributed by atoms with Crippen molar-refractivity contribution in [1.82, 2.24) is 0 Å². The second-order valence-electron chi connectivity index (χ2n) is 8.92. The van der Waals surface area contributed by atoms with Gasteiger partial charge in [0.2, 0.25) is 5.78 Å². The zero-order chi connectivity index (χ0) is 19.0. The van der Waals surface area contributed by atoms with E-state index < -0.39 is 5.60 Å². The number of ether oxygens (including phenoxy) is 2. The molecule has 2 heterocycles. The summed E-state index contributed by atoms with van der Waals surface area (Å²) in [6, 6.07) is 10.7. The molecule has 1 N–H and O–H groups in total. The predicted octanol–water partition coefficient (Wildman–Crippen LogP) is 4.83. The van der Waals surface area contributed by atoms with Gasteiger partial charge in [-0.05, 0) is 40.0 Å². The van der Waals surface area contributed by atoms with Gasteiger partial charge in [-0.1, -0.05) is 30.3 Å². The van der Waals surface area contributed by atoms with E-state index >= 15 is 0 Å². The maximum atomic E-state index is 13.2. The molecule has 3 aliphatic rings. The molecule has 0 radical (unpaired) electrons. The number of phenols is 1. The molecule has 0 aromatic heterocycles. The molecule has 4 nitrogen and oxygen atoms in total. The number of phenolic OH excluding ortho intramolecular Hbond substituents is 1. The number of fused-ring (bicyclic) bond motifs is 1. The van der Waals surface area contributed by atoms with Gasteiger partial charge < -0.3 is 14.6 Å². The molecule has 0 saturated heterocycles. The van der Waals surface area contributed by atoms with E-state index in [0.717, 1.165) is 24.8 Å². The summed E-state index contributed by atoms with van der Waals surface area (Å²) >= 11 is 0. The minimum Gasteiger partial charge on any atom is -0.507 e. The summed E-state index contributed by atoms with van der Waals surface area (Å²) in [5.74, 6) is 1.55. The van der Waals surface area contributed by atoms with Crippen LogP contribution in [0.3, 0.4) is 0 Å². The van der Waals surface area contributed by atoms with Crippen LogP contribution in [0.15, 0.2) is 36.4 Å². The molecule has 2 aromatic rings. The van der Waals surface area contributed by atoms with E-state index in [9.17, 15) is 9.90 Å². The van der Waals surface area contributed by atoms with Crippen LogP contribution in [0.2, 0.25) is 0 Å². The third-order valence-corrected chi connectivity index (χ3v) is 6.63. The number of hydrogen-bond donors (Lipinski definition) is 1. The second kappa shape index (κ2) is 5.28. The van der Waals surface area contributed by atoms with Crippen molar-refractivity contribution in [3.63, 3.8) is 0 Å². The summed E-state index contributed by atoms with van der Waals surface area (Å²) in [4.78, 5) is 13.2. The molecule has 2 aromatic carbocycles. The highest BCUT2D eigenvalue weighted by Crippen LogP contribution is 2.62. The summed E-state index contributed by atoms with van der Waals surface area (Å²) in [5, 5.41) is 10.8. The maximum Gasteiger partial charge on any atom is 0.200 e. The Morgan fingerprint density at radius 1 is 1.15 bits per heavy atom. The van der Waals surface area contributed by atoms with Crippen LogP contribution in [0, 0.1) is 5.92 Å². The van der Waals surface area contributed by atoms with Gasteiger partial charge in [0.1, 0.15) is 34.0 Å². The molecule has 140 valence electrons. The lowest BCUT2D eigenvalue weighted by atomic mass is 9.61. The van der Waals surface area contributed by atoms with Gasteiger partial charge in [-0.3, -0.25) is 4.79 Å².